The molecule has 2 aliphatic heterocycles. The standard InChI is InChI=1S/C26H23F3N6O2/c1-33-24(14-11-18(27)22(29)19(28)12-14)17-13-15-5-3-7-20(23(17)31-33)35(15)26(36)16-6-4-8-21(37-2)25(16)34-10-9-30-32-34/h4,6,8-12,15,20H,3,5,7,13H2,1-2H3/t15-,20+/m1/s1. The van der Waals surface area contributed by atoms with Crippen LogP contribution in [0.4, 0.5) is 13.2 Å². The maximum Gasteiger partial charge on any atom is 0.257 e. The molecule has 4 heterocycles. The number of hydrogen-bond donors (Lipinski definition) is 0. The minimum absolute atomic E-state index is 0.147. The number of hydrogen-bond acceptors (Lipinski definition) is 5. The second-order valence-electron chi connectivity index (χ2n) is 9.31. The molecule has 0 N–H and O–H groups in total. The molecule has 0 spiro atoms. The van der Waals surface area contributed by atoms with E-state index >= 15 is 0 Å². The van der Waals surface area contributed by atoms with Gasteiger partial charge in [-0.2, -0.15) is 5.10 Å². The van der Waals surface area contributed by atoms with E-state index in [1.54, 1.807) is 36.1 Å². The van der Waals surface area contributed by atoms with Crippen LogP contribution in [0.25, 0.3) is 16.9 Å². The highest BCUT2D eigenvalue weighted by atomic mass is 19.2. The Morgan fingerprint density at radius 1 is 1.14 bits per heavy atom. The van der Waals surface area contributed by atoms with E-state index in [1.165, 1.54) is 18.0 Å². The first kappa shape index (κ1) is 23.3. The lowest BCUT2D eigenvalue weighted by Crippen LogP contribution is -2.50. The summed E-state index contributed by atoms with van der Waals surface area (Å²) in [5, 5.41) is 12.6. The lowest BCUT2D eigenvalue weighted by Gasteiger charge is -2.45. The van der Waals surface area contributed by atoms with Crippen molar-refractivity contribution in [2.75, 3.05) is 7.11 Å². The van der Waals surface area contributed by atoms with Gasteiger partial charge < -0.3 is 9.64 Å². The van der Waals surface area contributed by atoms with Crippen LogP contribution in [0.1, 0.15) is 46.9 Å². The van der Waals surface area contributed by atoms with Gasteiger partial charge in [0.15, 0.2) is 17.5 Å². The monoisotopic (exact) mass is 508 g/mol. The molecule has 0 radical (unpaired) electrons. The zero-order valence-corrected chi connectivity index (χ0v) is 20.2. The molecule has 2 aromatic carbocycles. The largest absolute Gasteiger partial charge is 0.494 e. The summed E-state index contributed by atoms with van der Waals surface area (Å²) in [6, 6.07) is 6.77. The Balaban J connectivity index is 1.45. The summed E-state index contributed by atoms with van der Waals surface area (Å²) in [5.74, 6) is -3.71. The minimum atomic E-state index is -1.50. The molecule has 2 aromatic heterocycles. The number of carbonyl (C=O) groups excluding carboxylic acids is 1. The van der Waals surface area contributed by atoms with E-state index in [2.05, 4.69) is 10.3 Å². The minimum Gasteiger partial charge on any atom is -0.494 e. The zero-order valence-electron chi connectivity index (χ0n) is 20.2. The Kier molecular flexibility index (Phi) is 5.50. The molecular weight excluding hydrogens is 485 g/mol. The lowest BCUT2D eigenvalue weighted by molar-refractivity contribution is 0.0391. The van der Waals surface area contributed by atoms with Crippen LogP contribution >= 0.6 is 0 Å². The number of para-hydroxylation sites is 1. The topological polar surface area (TPSA) is 78.1 Å². The van der Waals surface area contributed by atoms with Crippen molar-refractivity contribution in [1.29, 1.82) is 0 Å². The fraction of sp³-hybridized carbons (Fsp3) is 0.308. The van der Waals surface area contributed by atoms with Crippen molar-refractivity contribution in [1.82, 2.24) is 29.7 Å². The van der Waals surface area contributed by atoms with E-state index in [1.807, 2.05) is 4.90 Å². The molecule has 4 aromatic rings. The van der Waals surface area contributed by atoms with Gasteiger partial charge >= 0.3 is 0 Å². The first-order valence-electron chi connectivity index (χ1n) is 12.0. The Hall–Kier alpha value is -4.15. The molecule has 6 rings (SSSR count). The second kappa shape index (κ2) is 8.75. The second-order valence-corrected chi connectivity index (χ2v) is 9.31. The molecule has 0 saturated carbocycles. The van der Waals surface area contributed by atoms with Crippen LogP contribution in [0.2, 0.25) is 0 Å². The highest BCUT2D eigenvalue weighted by Gasteiger charge is 2.44. The lowest BCUT2D eigenvalue weighted by atomic mass is 9.81. The highest BCUT2D eigenvalue weighted by molar-refractivity contribution is 5.99. The molecule has 190 valence electrons. The molecule has 2 bridgehead atoms. The van der Waals surface area contributed by atoms with Gasteiger partial charge in [-0.15, -0.1) is 5.10 Å². The Morgan fingerprint density at radius 3 is 2.62 bits per heavy atom. The van der Waals surface area contributed by atoms with Gasteiger partial charge in [-0.05, 0) is 49.9 Å². The summed E-state index contributed by atoms with van der Waals surface area (Å²) >= 11 is 0. The predicted molar refractivity (Wildman–Crippen MR) is 127 cm³/mol. The fourth-order valence-corrected chi connectivity index (χ4v) is 5.76. The normalized spacial score (nSPS) is 18.6. The third kappa shape index (κ3) is 3.59. The Morgan fingerprint density at radius 2 is 1.92 bits per heavy atom. The van der Waals surface area contributed by atoms with Crippen molar-refractivity contribution in [3.05, 3.63) is 77.0 Å². The van der Waals surface area contributed by atoms with Gasteiger partial charge in [-0.25, -0.2) is 17.9 Å². The molecule has 37 heavy (non-hydrogen) atoms. The number of methoxy groups -OCH3 is 1. The van der Waals surface area contributed by atoms with Crippen LogP contribution in [0.3, 0.4) is 0 Å². The molecule has 1 saturated heterocycles. The molecule has 2 aliphatic rings. The van der Waals surface area contributed by atoms with Crippen molar-refractivity contribution in [3.8, 4) is 22.7 Å². The van der Waals surface area contributed by atoms with Gasteiger partial charge in [0.1, 0.15) is 11.4 Å². The number of aromatic nitrogens is 5. The average Bonchev–Trinajstić information content (AvgIpc) is 3.53. The maximum absolute atomic E-state index is 14.1. The third-order valence-corrected chi connectivity index (χ3v) is 7.27. The number of aryl methyl sites for hydroxylation is 1. The first-order chi connectivity index (χ1) is 17.9. The van der Waals surface area contributed by atoms with Gasteiger partial charge in [-0.1, -0.05) is 11.3 Å². The number of piperidine rings is 1. The van der Waals surface area contributed by atoms with Crippen molar-refractivity contribution >= 4 is 5.91 Å². The average molecular weight is 509 g/mol. The number of amides is 1. The van der Waals surface area contributed by atoms with E-state index in [-0.39, 0.29) is 23.6 Å². The summed E-state index contributed by atoms with van der Waals surface area (Å²) in [7, 11) is 3.22. The predicted octanol–water partition coefficient (Wildman–Crippen LogP) is 4.39. The summed E-state index contributed by atoms with van der Waals surface area (Å²) in [4.78, 5) is 16.0. The Labute approximate surface area is 210 Å². The summed E-state index contributed by atoms with van der Waals surface area (Å²) in [5.41, 5.74) is 3.18. The molecule has 0 aliphatic carbocycles. The van der Waals surface area contributed by atoms with Crippen LogP contribution in [-0.2, 0) is 13.5 Å². The van der Waals surface area contributed by atoms with Crippen LogP contribution in [-0.4, -0.2) is 48.7 Å². The van der Waals surface area contributed by atoms with Crippen molar-refractivity contribution in [3.63, 3.8) is 0 Å². The summed E-state index contributed by atoms with van der Waals surface area (Å²) in [6.07, 6.45) is 6.02. The number of ether oxygens (including phenoxy) is 1. The zero-order chi connectivity index (χ0) is 25.8. The number of rotatable bonds is 4. The molecule has 1 amide bonds. The van der Waals surface area contributed by atoms with Crippen LogP contribution < -0.4 is 4.74 Å². The van der Waals surface area contributed by atoms with E-state index in [0.29, 0.717) is 41.2 Å². The molecular formula is C26H23F3N6O2. The fourth-order valence-electron chi connectivity index (χ4n) is 5.76. The van der Waals surface area contributed by atoms with Crippen molar-refractivity contribution < 1.29 is 22.7 Å². The van der Waals surface area contributed by atoms with E-state index in [0.717, 1.165) is 30.5 Å². The molecule has 8 nitrogen and oxygen atoms in total. The first-order valence-corrected chi connectivity index (χ1v) is 12.0. The van der Waals surface area contributed by atoms with Crippen LogP contribution in [0, 0.1) is 17.5 Å². The number of halogens is 3. The molecule has 1 fully saturated rings. The summed E-state index contributed by atoms with van der Waals surface area (Å²) in [6.45, 7) is 0. The third-order valence-electron chi connectivity index (χ3n) is 7.27. The number of nitrogens with zero attached hydrogens (tertiary/aromatic N) is 6. The maximum atomic E-state index is 14.1. The summed E-state index contributed by atoms with van der Waals surface area (Å²) < 4.78 is 50.4. The van der Waals surface area contributed by atoms with Gasteiger partial charge in [0.05, 0.1) is 42.5 Å². The highest BCUT2D eigenvalue weighted by Crippen LogP contribution is 2.45. The van der Waals surface area contributed by atoms with Gasteiger partial charge in [0, 0.05) is 24.2 Å². The Bertz CT molecular complexity index is 1490. The van der Waals surface area contributed by atoms with Crippen LogP contribution in [0.5, 0.6) is 5.75 Å². The SMILES string of the molecule is COc1cccc(C(=O)N2[C@@H]3CCC[C@H]2c2nn(C)c(-c4cc(F)c(F)c(F)c4)c2C3)c1-n1ccnn1. The molecule has 11 heteroatoms. The van der Waals surface area contributed by atoms with Gasteiger partial charge in [-0.3, -0.25) is 9.48 Å². The van der Waals surface area contributed by atoms with E-state index in [9.17, 15) is 18.0 Å². The number of benzene rings is 2. The van der Waals surface area contributed by atoms with Crippen LogP contribution in [0.15, 0.2) is 42.7 Å². The number of carbonyl (C=O) groups is 1. The molecule has 2 atom stereocenters. The van der Waals surface area contributed by atoms with Crippen molar-refractivity contribution in [2.24, 2.45) is 7.05 Å². The van der Waals surface area contributed by atoms with Gasteiger partial charge in [0.25, 0.3) is 5.91 Å². The van der Waals surface area contributed by atoms with E-state index < -0.39 is 17.5 Å². The quantitative estimate of drug-likeness (QED) is 0.382. The smallest absolute Gasteiger partial charge is 0.257 e. The number of fused-ring (bicyclic) bond motifs is 4. The van der Waals surface area contributed by atoms with E-state index in [4.69, 9.17) is 9.84 Å². The molecule has 0 unspecified atom stereocenters. The van der Waals surface area contributed by atoms with Gasteiger partial charge in [0.2, 0.25) is 0 Å². The van der Waals surface area contributed by atoms with Crippen molar-refractivity contribution in [2.45, 2.75) is 37.8 Å².